The Bertz CT molecular complexity index is 1110. The van der Waals surface area contributed by atoms with Crippen LogP contribution in [0, 0.1) is 5.82 Å². The average molecular weight is 378 g/mol. The number of aromatic amines is 1. The van der Waals surface area contributed by atoms with Gasteiger partial charge in [-0.25, -0.2) is 4.39 Å². The van der Waals surface area contributed by atoms with Crippen LogP contribution in [0.15, 0.2) is 69.8 Å². The molecule has 3 aromatic rings. The molecule has 0 aliphatic carbocycles. The zero-order chi connectivity index (χ0) is 18.8. The van der Waals surface area contributed by atoms with Crippen LogP contribution in [0.1, 0.15) is 18.1 Å². The topological polar surface area (TPSA) is 69.6 Å². The molecule has 1 aliphatic rings. The van der Waals surface area contributed by atoms with Crippen molar-refractivity contribution in [2.75, 3.05) is 0 Å². The second-order valence-electron chi connectivity index (χ2n) is 5.95. The molecule has 0 radical (unpaired) electrons. The number of carbonyl (C=O) groups is 1. The van der Waals surface area contributed by atoms with Crippen molar-refractivity contribution in [3.8, 4) is 0 Å². The molecule has 1 fully saturated rings. The minimum absolute atomic E-state index is 0.247. The Kier molecular flexibility index (Phi) is 4.60. The summed E-state index contributed by atoms with van der Waals surface area (Å²) >= 11 is 1.20. The lowest BCUT2D eigenvalue weighted by Crippen LogP contribution is -2.19. The number of fused-ring (bicyclic) bond motifs is 1. The first kappa shape index (κ1) is 17.2. The molecule has 134 valence electrons. The third-order valence-corrected chi connectivity index (χ3v) is 4.99. The summed E-state index contributed by atoms with van der Waals surface area (Å²) in [6, 6.07) is 13.9. The van der Waals surface area contributed by atoms with Gasteiger partial charge >= 0.3 is 0 Å². The minimum atomic E-state index is -0.315. The molecule has 0 saturated carbocycles. The van der Waals surface area contributed by atoms with E-state index in [-0.39, 0.29) is 11.7 Å². The first-order chi connectivity index (χ1) is 13.1. The van der Waals surface area contributed by atoms with Gasteiger partial charge in [-0.05, 0) is 48.5 Å². The second kappa shape index (κ2) is 7.20. The highest BCUT2D eigenvalue weighted by atomic mass is 32.2. The maximum atomic E-state index is 13.0. The van der Waals surface area contributed by atoms with Crippen LogP contribution in [0.5, 0.6) is 0 Å². The van der Waals surface area contributed by atoms with Crippen molar-refractivity contribution in [2.45, 2.75) is 6.92 Å². The van der Waals surface area contributed by atoms with Gasteiger partial charge in [-0.1, -0.05) is 30.3 Å². The number of aromatic nitrogens is 1. The van der Waals surface area contributed by atoms with E-state index in [0.717, 1.165) is 27.7 Å². The molecule has 1 aromatic heterocycles. The van der Waals surface area contributed by atoms with Crippen molar-refractivity contribution in [3.63, 3.8) is 0 Å². The molecule has 2 aromatic carbocycles. The van der Waals surface area contributed by atoms with Gasteiger partial charge in [0.1, 0.15) is 5.82 Å². The van der Waals surface area contributed by atoms with Crippen molar-refractivity contribution in [3.05, 3.63) is 76.6 Å². The summed E-state index contributed by atoms with van der Waals surface area (Å²) in [6.45, 7) is 1.87. The number of benzene rings is 2. The Balaban J connectivity index is 1.55. The number of carbonyl (C=O) groups excluding carboxylic acids is 1. The van der Waals surface area contributed by atoms with Crippen LogP contribution in [0.25, 0.3) is 17.0 Å². The lowest BCUT2D eigenvalue weighted by atomic mass is 10.1. The van der Waals surface area contributed by atoms with Crippen LogP contribution < -0.4 is 5.32 Å². The summed E-state index contributed by atoms with van der Waals surface area (Å²) in [4.78, 5) is 15.8. The van der Waals surface area contributed by atoms with Crippen LogP contribution in [0.4, 0.5) is 4.39 Å². The molecule has 0 bridgehead atoms. The number of nitrogens with zero attached hydrogens (tertiary/aromatic N) is 2. The number of nitrogens with one attached hydrogen (secondary N) is 2. The van der Waals surface area contributed by atoms with Crippen molar-refractivity contribution in [1.82, 2.24) is 10.3 Å². The summed E-state index contributed by atoms with van der Waals surface area (Å²) in [5, 5.41) is 12.6. The monoisotopic (exact) mass is 378 g/mol. The number of para-hydroxylation sites is 1. The largest absolute Gasteiger partial charge is 0.360 e. The molecule has 7 heteroatoms. The normalized spacial score (nSPS) is 17.9. The van der Waals surface area contributed by atoms with E-state index in [1.807, 2.05) is 37.4 Å². The van der Waals surface area contributed by atoms with E-state index < -0.39 is 0 Å². The minimum Gasteiger partial charge on any atom is -0.360 e. The number of hydrogen-bond donors (Lipinski definition) is 2. The Hall–Kier alpha value is -3.19. The number of amides is 1. The standard InChI is InChI=1S/C20H15FN4OS/c1-12(16-11-22-17-5-3-2-4-15(16)17)24-25-20-23-19(26)18(27-20)10-13-6-8-14(21)9-7-13/h2-11,22H,1H3,(H,23,25,26)/b18-10-,24-12+. The second-order valence-corrected chi connectivity index (χ2v) is 6.99. The third kappa shape index (κ3) is 3.68. The van der Waals surface area contributed by atoms with E-state index >= 15 is 0 Å². The van der Waals surface area contributed by atoms with Crippen molar-refractivity contribution < 1.29 is 9.18 Å². The highest BCUT2D eigenvalue weighted by Crippen LogP contribution is 2.26. The molecule has 0 spiro atoms. The van der Waals surface area contributed by atoms with Crippen LogP contribution >= 0.6 is 11.8 Å². The lowest BCUT2D eigenvalue weighted by molar-refractivity contribution is -0.115. The smallest absolute Gasteiger partial charge is 0.264 e. The molecular formula is C20H15FN4OS. The molecule has 2 heterocycles. The van der Waals surface area contributed by atoms with Crippen molar-refractivity contribution >= 4 is 45.5 Å². The molecule has 1 aliphatic heterocycles. The fourth-order valence-corrected chi connectivity index (χ4v) is 3.50. The fraction of sp³-hybridized carbons (Fsp3) is 0.0500. The van der Waals surface area contributed by atoms with E-state index in [1.165, 1.54) is 23.9 Å². The summed E-state index contributed by atoms with van der Waals surface area (Å²) < 4.78 is 13.0. The van der Waals surface area contributed by atoms with Gasteiger partial charge in [0, 0.05) is 22.7 Å². The Morgan fingerprint density at radius 3 is 2.74 bits per heavy atom. The average Bonchev–Trinajstić information content (AvgIpc) is 3.25. The maximum absolute atomic E-state index is 13.0. The molecule has 2 N–H and O–H groups in total. The zero-order valence-corrected chi connectivity index (χ0v) is 15.2. The Labute approximate surface area is 159 Å². The van der Waals surface area contributed by atoms with Crippen LogP contribution in [-0.2, 0) is 4.79 Å². The SMILES string of the molecule is C/C(=N\N=C1\NC(=O)/C(=C/c2ccc(F)cc2)S1)c1c[nH]c2ccccc12. The summed E-state index contributed by atoms with van der Waals surface area (Å²) in [5.74, 6) is -0.562. The number of H-pyrrole nitrogens is 1. The lowest BCUT2D eigenvalue weighted by Gasteiger charge is -1.96. The highest BCUT2D eigenvalue weighted by Gasteiger charge is 2.23. The van der Waals surface area contributed by atoms with Crippen molar-refractivity contribution in [2.24, 2.45) is 10.2 Å². The summed E-state index contributed by atoms with van der Waals surface area (Å²) in [5.41, 5.74) is 3.48. The van der Waals surface area contributed by atoms with Crippen LogP contribution in [0.2, 0.25) is 0 Å². The Morgan fingerprint density at radius 2 is 1.93 bits per heavy atom. The van der Waals surface area contributed by atoms with Gasteiger partial charge in [0.25, 0.3) is 5.91 Å². The molecule has 1 amide bonds. The molecule has 27 heavy (non-hydrogen) atoms. The van der Waals surface area contributed by atoms with E-state index in [9.17, 15) is 9.18 Å². The molecule has 1 saturated heterocycles. The van der Waals surface area contributed by atoms with Gasteiger partial charge in [-0.3, -0.25) is 10.1 Å². The van der Waals surface area contributed by atoms with Crippen molar-refractivity contribution in [1.29, 1.82) is 0 Å². The van der Waals surface area contributed by atoms with E-state index in [2.05, 4.69) is 20.5 Å². The number of thioether (sulfide) groups is 1. The number of rotatable bonds is 3. The molecule has 4 rings (SSSR count). The third-order valence-electron chi connectivity index (χ3n) is 4.09. The van der Waals surface area contributed by atoms with Gasteiger partial charge in [0.15, 0.2) is 5.17 Å². The predicted molar refractivity (Wildman–Crippen MR) is 108 cm³/mol. The number of amidine groups is 1. The number of halogens is 1. The summed E-state index contributed by atoms with van der Waals surface area (Å²) in [6.07, 6.45) is 3.59. The fourth-order valence-electron chi connectivity index (χ4n) is 2.73. The van der Waals surface area contributed by atoms with Crippen LogP contribution in [0.3, 0.4) is 0 Å². The summed E-state index contributed by atoms with van der Waals surface area (Å²) in [7, 11) is 0. The van der Waals surface area contributed by atoms with E-state index in [0.29, 0.717) is 10.1 Å². The predicted octanol–water partition coefficient (Wildman–Crippen LogP) is 4.29. The van der Waals surface area contributed by atoms with Gasteiger partial charge in [0.05, 0.1) is 10.6 Å². The van der Waals surface area contributed by atoms with Gasteiger partial charge in [-0.15, -0.1) is 5.10 Å². The molecule has 0 unspecified atom stereocenters. The Morgan fingerprint density at radius 1 is 1.15 bits per heavy atom. The maximum Gasteiger partial charge on any atom is 0.264 e. The molecule has 0 atom stereocenters. The van der Waals surface area contributed by atoms with E-state index in [1.54, 1.807) is 18.2 Å². The number of hydrogen-bond acceptors (Lipinski definition) is 4. The zero-order valence-electron chi connectivity index (χ0n) is 14.4. The van der Waals surface area contributed by atoms with Crippen LogP contribution in [-0.4, -0.2) is 21.8 Å². The molecular weight excluding hydrogens is 363 g/mol. The molecule has 5 nitrogen and oxygen atoms in total. The van der Waals surface area contributed by atoms with Gasteiger partial charge in [0.2, 0.25) is 0 Å². The van der Waals surface area contributed by atoms with Gasteiger partial charge < -0.3 is 4.98 Å². The van der Waals surface area contributed by atoms with Gasteiger partial charge in [-0.2, -0.15) is 5.10 Å². The first-order valence-electron chi connectivity index (χ1n) is 8.25. The van der Waals surface area contributed by atoms with E-state index in [4.69, 9.17) is 0 Å². The quantitative estimate of drug-likeness (QED) is 0.405. The first-order valence-corrected chi connectivity index (χ1v) is 9.07. The highest BCUT2D eigenvalue weighted by molar-refractivity contribution is 8.18.